The topological polar surface area (TPSA) is 119 Å². The van der Waals surface area contributed by atoms with Crippen LogP contribution in [-0.4, -0.2) is 56.2 Å². The smallest absolute Gasteiger partial charge is 0.179 e. The minimum absolute atomic E-state index is 0.0315. The third-order valence-corrected chi connectivity index (χ3v) is 4.79. The largest absolute Gasteiger partial charge is 0.394 e. The summed E-state index contributed by atoms with van der Waals surface area (Å²) in [5.41, 5.74) is 5.64. The average molecular weight is 390 g/mol. The lowest BCUT2D eigenvalue weighted by atomic mass is 10.2. The second-order valence-corrected chi connectivity index (χ2v) is 6.69. The predicted octanol–water partition coefficient (Wildman–Crippen LogP) is 0.870. The van der Waals surface area contributed by atoms with Crippen molar-refractivity contribution in [3.63, 3.8) is 0 Å². The molecular weight excluding hydrogens is 372 g/mol. The lowest BCUT2D eigenvalue weighted by Gasteiger charge is -2.05. The molecule has 0 aliphatic heterocycles. The number of aliphatic hydroxyl groups excluding tert-OH is 2. The van der Waals surface area contributed by atoms with E-state index in [-0.39, 0.29) is 13.2 Å². The van der Waals surface area contributed by atoms with Crippen LogP contribution in [0.4, 0.5) is 0 Å². The van der Waals surface area contributed by atoms with Crippen LogP contribution >= 0.6 is 0 Å². The molecule has 10 nitrogen and oxygen atoms in total. The molecule has 0 saturated heterocycles. The monoisotopic (exact) mass is 390 g/mol. The summed E-state index contributed by atoms with van der Waals surface area (Å²) in [6, 6.07) is 7.70. The van der Waals surface area contributed by atoms with Gasteiger partial charge in [-0.05, 0) is 29.8 Å². The van der Waals surface area contributed by atoms with E-state index in [0.717, 1.165) is 27.9 Å². The van der Waals surface area contributed by atoms with Crippen LogP contribution in [0.3, 0.4) is 0 Å². The van der Waals surface area contributed by atoms with Crippen LogP contribution in [0.25, 0.3) is 27.9 Å². The summed E-state index contributed by atoms with van der Waals surface area (Å²) in [7, 11) is 0. The fourth-order valence-corrected chi connectivity index (χ4v) is 3.31. The molecule has 5 heterocycles. The zero-order valence-corrected chi connectivity index (χ0v) is 15.4. The van der Waals surface area contributed by atoms with Crippen molar-refractivity contribution in [3.05, 3.63) is 60.2 Å². The van der Waals surface area contributed by atoms with Gasteiger partial charge in [0.25, 0.3) is 0 Å². The Morgan fingerprint density at radius 2 is 1.97 bits per heavy atom. The Morgan fingerprint density at radius 1 is 1.03 bits per heavy atom. The molecule has 0 aliphatic carbocycles. The van der Waals surface area contributed by atoms with E-state index in [0.29, 0.717) is 24.3 Å². The van der Waals surface area contributed by atoms with Crippen LogP contribution in [-0.2, 0) is 19.7 Å². The molecule has 146 valence electrons. The number of hydrogen-bond acceptors (Lipinski definition) is 7. The van der Waals surface area contributed by atoms with E-state index in [1.807, 2.05) is 36.7 Å². The summed E-state index contributed by atoms with van der Waals surface area (Å²) in [4.78, 5) is 4.73. The van der Waals surface area contributed by atoms with Crippen LogP contribution in [0.2, 0.25) is 0 Å². The quantitative estimate of drug-likeness (QED) is 0.441. The second-order valence-electron chi connectivity index (χ2n) is 6.69. The molecule has 0 atom stereocenters. The first-order valence-electron chi connectivity index (χ1n) is 9.15. The molecule has 5 aromatic rings. The average Bonchev–Trinajstić information content (AvgIpc) is 3.46. The van der Waals surface area contributed by atoms with Gasteiger partial charge in [0.15, 0.2) is 5.65 Å². The van der Waals surface area contributed by atoms with E-state index in [2.05, 4.69) is 20.5 Å². The number of fused-ring (bicyclic) bond motifs is 2. The highest BCUT2D eigenvalue weighted by Gasteiger charge is 2.11. The van der Waals surface area contributed by atoms with Gasteiger partial charge in [0.1, 0.15) is 5.52 Å². The molecule has 0 radical (unpaired) electrons. The molecule has 0 aromatic carbocycles. The summed E-state index contributed by atoms with van der Waals surface area (Å²) < 4.78 is 5.16. The molecule has 0 amide bonds. The van der Waals surface area contributed by atoms with Crippen molar-refractivity contribution in [1.29, 1.82) is 0 Å². The highest BCUT2D eigenvalue weighted by Crippen LogP contribution is 2.20. The number of nitrogens with zero attached hydrogens (tertiary/aromatic N) is 8. The van der Waals surface area contributed by atoms with Crippen LogP contribution in [0, 0.1) is 0 Å². The van der Waals surface area contributed by atoms with Gasteiger partial charge in [0, 0.05) is 23.5 Å². The molecule has 2 N–H and O–H groups in total. The van der Waals surface area contributed by atoms with Crippen molar-refractivity contribution < 1.29 is 10.2 Å². The molecule has 5 rings (SSSR count). The zero-order chi connectivity index (χ0) is 19.8. The lowest BCUT2D eigenvalue weighted by molar-refractivity contribution is 0.269. The van der Waals surface area contributed by atoms with E-state index in [9.17, 15) is 5.11 Å². The van der Waals surface area contributed by atoms with Gasteiger partial charge in [-0.1, -0.05) is 5.21 Å². The van der Waals surface area contributed by atoms with E-state index < -0.39 is 0 Å². The van der Waals surface area contributed by atoms with Crippen molar-refractivity contribution in [3.8, 4) is 11.3 Å². The Labute approximate surface area is 164 Å². The van der Waals surface area contributed by atoms with E-state index in [1.165, 1.54) is 0 Å². The van der Waals surface area contributed by atoms with Crippen LogP contribution in [0.15, 0.2) is 49.1 Å². The fraction of sp³-hybridized carbons (Fsp3) is 0.211. The lowest BCUT2D eigenvalue weighted by Crippen LogP contribution is -2.04. The standard InChI is InChI=1S/C19H18N8O2/c28-6-5-25-11-14(8-20-25)16-1-2-17-19(22-16)27(24-23-17)10-13-3-4-26-18(7-13)15(12-29)9-21-26/h1-4,7-9,11,28-29H,5-6,10,12H2. The van der Waals surface area contributed by atoms with Crippen molar-refractivity contribution in [2.75, 3.05) is 6.61 Å². The van der Waals surface area contributed by atoms with E-state index >= 15 is 0 Å². The Balaban J connectivity index is 1.50. The van der Waals surface area contributed by atoms with Gasteiger partial charge in [-0.25, -0.2) is 14.2 Å². The number of hydrogen-bond donors (Lipinski definition) is 2. The van der Waals surface area contributed by atoms with Gasteiger partial charge < -0.3 is 10.2 Å². The molecule has 5 aromatic heterocycles. The summed E-state index contributed by atoms with van der Waals surface area (Å²) in [6.45, 7) is 0.899. The molecule has 0 bridgehead atoms. The SMILES string of the molecule is OCCn1cc(-c2ccc3nnn(Cc4ccn5ncc(CO)c5c4)c3n2)cn1. The Morgan fingerprint density at radius 3 is 2.83 bits per heavy atom. The Bertz CT molecular complexity index is 1300. The maximum atomic E-state index is 9.48. The van der Waals surface area contributed by atoms with Gasteiger partial charge >= 0.3 is 0 Å². The molecule has 0 fully saturated rings. The van der Waals surface area contributed by atoms with Crippen LogP contribution in [0.5, 0.6) is 0 Å². The van der Waals surface area contributed by atoms with Gasteiger partial charge in [-0.15, -0.1) is 5.10 Å². The van der Waals surface area contributed by atoms with Crippen molar-refractivity contribution in [1.82, 2.24) is 39.4 Å². The number of rotatable bonds is 6. The molecule has 29 heavy (non-hydrogen) atoms. The number of aromatic nitrogens is 8. The minimum Gasteiger partial charge on any atom is -0.394 e. The highest BCUT2D eigenvalue weighted by atomic mass is 16.3. The van der Waals surface area contributed by atoms with Crippen LogP contribution in [0.1, 0.15) is 11.1 Å². The van der Waals surface area contributed by atoms with E-state index in [1.54, 1.807) is 26.3 Å². The summed E-state index contributed by atoms with van der Waals surface area (Å²) in [5, 5.41) is 35.4. The van der Waals surface area contributed by atoms with E-state index in [4.69, 9.17) is 10.1 Å². The molecule has 0 spiro atoms. The molecule has 10 heteroatoms. The van der Waals surface area contributed by atoms with Gasteiger partial charge in [0.2, 0.25) is 0 Å². The third-order valence-electron chi connectivity index (χ3n) is 4.79. The summed E-state index contributed by atoms with van der Waals surface area (Å²) in [6.07, 6.45) is 7.09. The number of aliphatic hydroxyl groups is 2. The maximum Gasteiger partial charge on any atom is 0.179 e. The number of pyridine rings is 2. The highest BCUT2D eigenvalue weighted by molar-refractivity contribution is 5.74. The van der Waals surface area contributed by atoms with Gasteiger partial charge in [-0.3, -0.25) is 4.68 Å². The zero-order valence-electron chi connectivity index (χ0n) is 15.4. The molecule has 0 aliphatic rings. The van der Waals surface area contributed by atoms with Crippen molar-refractivity contribution in [2.45, 2.75) is 19.7 Å². The Kier molecular flexibility index (Phi) is 4.26. The van der Waals surface area contributed by atoms with Gasteiger partial charge in [-0.2, -0.15) is 10.2 Å². The molecular formula is C19H18N8O2. The van der Waals surface area contributed by atoms with Gasteiger partial charge in [0.05, 0.1) is 49.9 Å². The second kappa shape index (κ2) is 7.08. The fourth-order valence-electron chi connectivity index (χ4n) is 3.31. The van der Waals surface area contributed by atoms with Crippen molar-refractivity contribution in [2.24, 2.45) is 0 Å². The van der Waals surface area contributed by atoms with Crippen LogP contribution < -0.4 is 0 Å². The first kappa shape index (κ1) is 17.5. The Hall–Kier alpha value is -3.63. The summed E-state index contributed by atoms with van der Waals surface area (Å²) in [5.74, 6) is 0. The first-order valence-corrected chi connectivity index (χ1v) is 9.15. The molecule has 0 unspecified atom stereocenters. The summed E-state index contributed by atoms with van der Waals surface area (Å²) >= 11 is 0. The van der Waals surface area contributed by atoms with Crippen molar-refractivity contribution >= 4 is 16.7 Å². The third kappa shape index (κ3) is 3.13. The predicted molar refractivity (Wildman–Crippen MR) is 104 cm³/mol. The maximum absolute atomic E-state index is 9.48. The molecule has 0 saturated carbocycles. The normalized spacial score (nSPS) is 11.7. The first-order chi connectivity index (χ1) is 14.2. The minimum atomic E-state index is -0.0614.